The first kappa shape index (κ1) is 10.8. The number of rotatable bonds is 4. The van der Waals surface area contributed by atoms with E-state index in [1.165, 1.54) is 20.2 Å². The van der Waals surface area contributed by atoms with Gasteiger partial charge in [-0.2, -0.15) is 0 Å². The van der Waals surface area contributed by atoms with Gasteiger partial charge in [0.2, 0.25) is 0 Å². The van der Waals surface area contributed by atoms with E-state index in [-0.39, 0.29) is 0 Å². The highest BCUT2D eigenvalue weighted by Crippen LogP contribution is 2.20. The highest BCUT2D eigenvalue weighted by molar-refractivity contribution is 7.12. The van der Waals surface area contributed by atoms with E-state index >= 15 is 0 Å². The van der Waals surface area contributed by atoms with Gasteiger partial charge in [0.25, 0.3) is 0 Å². The predicted octanol–water partition coefficient (Wildman–Crippen LogP) is 3.11. The molecule has 0 bridgehead atoms. The van der Waals surface area contributed by atoms with Gasteiger partial charge in [-0.1, -0.05) is 0 Å². The maximum absolute atomic E-state index is 4.05. The zero-order chi connectivity index (χ0) is 10.7. The Morgan fingerprint density at radius 1 is 1.27 bits per heavy atom. The van der Waals surface area contributed by atoms with Gasteiger partial charge < -0.3 is 5.32 Å². The van der Waals surface area contributed by atoms with Crippen molar-refractivity contribution >= 4 is 22.7 Å². The Labute approximate surface area is 98.0 Å². The average molecular weight is 238 g/mol. The molecule has 0 fully saturated rings. The molecule has 2 aromatic rings. The fourth-order valence-corrected chi connectivity index (χ4v) is 2.96. The second-order valence-corrected chi connectivity index (χ2v) is 5.83. The molecule has 0 spiro atoms. The Balaban J connectivity index is 1.83. The summed E-state index contributed by atoms with van der Waals surface area (Å²) in [7, 11) is 0. The van der Waals surface area contributed by atoms with Gasteiger partial charge in [0, 0.05) is 33.9 Å². The van der Waals surface area contributed by atoms with Gasteiger partial charge in [-0.3, -0.25) is 4.98 Å². The molecule has 0 amide bonds. The average Bonchev–Trinajstić information content (AvgIpc) is 2.79. The third kappa shape index (κ3) is 2.87. The topological polar surface area (TPSA) is 24.9 Å². The van der Waals surface area contributed by atoms with Gasteiger partial charge in [-0.05, 0) is 25.5 Å². The molecule has 0 aliphatic heterocycles. The molecule has 0 saturated heterocycles. The molecule has 4 heteroatoms. The van der Waals surface area contributed by atoms with E-state index in [4.69, 9.17) is 0 Å². The summed E-state index contributed by atoms with van der Waals surface area (Å²) in [5, 5.41) is 3.43. The lowest BCUT2D eigenvalue weighted by Gasteiger charge is -1.99. The van der Waals surface area contributed by atoms with E-state index in [0.29, 0.717) is 0 Å². The van der Waals surface area contributed by atoms with Gasteiger partial charge >= 0.3 is 0 Å². The predicted molar refractivity (Wildman–Crippen MR) is 66.5 cm³/mol. The Morgan fingerprint density at radius 2 is 2.07 bits per heavy atom. The van der Waals surface area contributed by atoms with Crippen LogP contribution in [-0.4, -0.2) is 4.98 Å². The van der Waals surface area contributed by atoms with Crippen LogP contribution in [0.2, 0.25) is 0 Å². The molecule has 1 N–H and O–H groups in total. The smallest absolute Gasteiger partial charge is 0.0794 e. The Kier molecular flexibility index (Phi) is 3.51. The van der Waals surface area contributed by atoms with E-state index in [2.05, 4.69) is 30.2 Å². The Morgan fingerprint density at radius 3 is 2.67 bits per heavy atom. The van der Waals surface area contributed by atoms with Crippen LogP contribution in [0.3, 0.4) is 0 Å². The zero-order valence-corrected chi connectivity index (χ0v) is 10.5. The summed E-state index contributed by atoms with van der Waals surface area (Å²) in [6, 6.07) is 2.26. The Bertz CT molecular complexity index is 398. The van der Waals surface area contributed by atoms with Crippen LogP contribution in [0.4, 0.5) is 0 Å². The molecule has 0 aliphatic rings. The van der Waals surface area contributed by atoms with Crippen LogP contribution in [-0.2, 0) is 13.1 Å². The molecule has 2 nitrogen and oxygen atoms in total. The van der Waals surface area contributed by atoms with E-state index in [1.807, 2.05) is 23.0 Å². The molecule has 2 rings (SSSR count). The van der Waals surface area contributed by atoms with Crippen LogP contribution in [0.15, 0.2) is 17.8 Å². The summed E-state index contributed by atoms with van der Waals surface area (Å²) >= 11 is 3.57. The fraction of sp³-hybridized carbons (Fsp3) is 0.364. The molecule has 0 unspecified atom stereocenters. The number of aryl methyl sites for hydroxylation is 2. The van der Waals surface area contributed by atoms with E-state index in [0.717, 1.165) is 13.1 Å². The molecule has 2 heterocycles. The van der Waals surface area contributed by atoms with Crippen molar-refractivity contribution in [3.63, 3.8) is 0 Å². The lowest BCUT2D eigenvalue weighted by molar-refractivity contribution is 0.707. The number of hydrogen-bond donors (Lipinski definition) is 1. The highest BCUT2D eigenvalue weighted by atomic mass is 32.1. The number of nitrogens with one attached hydrogen (secondary N) is 1. The maximum Gasteiger partial charge on any atom is 0.0794 e. The van der Waals surface area contributed by atoms with Crippen molar-refractivity contribution in [2.75, 3.05) is 0 Å². The van der Waals surface area contributed by atoms with Crippen molar-refractivity contribution < 1.29 is 0 Å². The first-order valence-electron chi connectivity index (χ1n) is 4.89. The van der Waals surface area contributed by atoms with E-state index in [9.17, 15) is 0 Å². The summed E-state index contributed by atoms with van der Waals surface area (Å²) < 4.78 is 0. The van der Waals surface area contributed by atoms with Gasteiger partial charge in [0.05, 0.1) is 5.51 Å². The molecule has 0 aromatic carbocycles. The Hall–Kier alpha value is -0.710. The number of thiazole rings is 1. The largest absolute Gasteiger partial charge is 0.307 e. The van der Waals surface area contributed by atoms with Gasteiger partial charge in [0.15, 0.2) is 0 Å². The molecule has 0 radical (unpaired) electrons. The highest BCUT2D eigenvalue weighted by Gasteiger charge is 2.01. The van der Waals surface area contributed by atoms with Crippen molar-refractivity contribution in [1.29, 1.82) is 0 Å². The van der Waals surface area contributed by atoms with Crippen molar-refractivity contribution in [3.8, 4) is 0 Å². The van der Waals surface area contributed by atoms with Crippen molar-refractivity contribution in [1.82, 2.24) is 10.3 Å². The monoisotopic (exact) mass is 238 g/mol. The van der Waals surface area contributed by atoms with Crippen LogP contribution in [0.1, 0.15) is 20.2 Å². The fourth-order valence-electron chi connectivity index (χ4n) is 1.38. The SMILES string of the molecule is Cc1cc(CNCc2cncs2)sc1C. The minimum Gasteiger partial charge on any atom is -0.307 e. The summed E-state index contributed by atoms with van der Waals surface area (Å²) in [6.07, 6.45) is 1.92. The van der Waals surface area contributed by atoms with Crippen LogP contribution >= 0.6 is 22.7 Å². The summed E-state index contributed by atoms with van der Waals surface area (Å²) in [5.74, 6) is 0. The van der Waals surface area contributed by atoms with Crippen LogP contribution < -0.4 is 5.32 Å². The van der Waals surface area contributed by atoms with Crippen molar-refractivity contribution in [3.05, 3.63) is 38.0 Å². The lowest BCUT2D eigenvalue weighted by atomic mass is 10.3. The standard InChI is InChI=1S/C11H14N2S2/c1-8-3-10(15-9(8)2)4-12-5-11-6-13-7-14-11/h3,6-7,12H,4-5H2,1-2H3. The van der Waals surface area contributed by atoms with Crippen molar-refractivity contribution in [2.45, 2.75) is 26.9 Å². The second-order valence-electron chi connectivity index (χ2n) is 3.52. The van der Waals surface area contributed by atoms with Crippen LogP contribution in [0.5, 0.6) is 0 Å². The second kappa shape index (κ2) is 4.88. The molecule has 0 aliphatic carbocycles. The number of nitrogens with zero attached hydrogens (tertiary/aromatic N) is 1. The normalized spacial score (nSPS) is 10.8. The number of aromatic nitrogens is 1. The molecular weight excluding hydrogens is 224 g/mol. The third-order valence-corrected chi connectivity index (χ3v) is 4.23. The molecule has 80 valence electrons. The quantitative estimate of drug-likeness (QED) is 0.885. The van der Waals surface area contributed by atoms with Crippen molar-refractivity contribution in [2.24, 2.45) is 0 Å². The number of hydrogen-bond acceptors (Lipinski definition) is 4. The molecule has 0 atom stereocenters. The summed E-state index contributed by atoms with van der Waals surface area (Å²) in [4.78, 5) is 8.17. The minimum atomic E-state index is 0.917. The molecule has 0 saturated carbocycles. The van der Waals surface area contributed by atoms with Gasteiger partial charge in [0.1, 0.15) is 0 Å². The van der Waals surface area contributed by atoms with Gasteiger partial charge in [-0.15, -0.1) is 22.7 Å². The third-order valence-electron chi connectivity index (χ3n) is 2.30. The van der Waals surface area contributed by atoms with E-state index in [1.54, 1.807) is 11.3 Å². The molecule has 15 heavy (non-hydrogen) atoms. The van der Waals surface area contributed by atoms with Gasteiger partial charge in [-0.25, -0.2) is 0 Å². The first-order valence-corrected chi connectivity index (χ1v) is 6.59. The van der Waals surface area contributed by atoms with Crippen LogP contribution in [0, 0.1) is 13.8 Å². The minimum absolute atomic E-state index is 0.917. The molecular formula is C11H14N2S2. The van der Waals surface area contributed by atoms with E-state index < -0.39 is 0 Å². The lowest BCUT2D eigenvalue weighted by Crippen LogP contribution is -2.10. The zero-order valence-electron chi connectivity index (χ0n) is 8.91. The maximum atomic E-state index is 4.05. The van der Waals surface area contributed by atoms with Crippen LogP contribution in [0.25, 0.3) is 0 Å². The molecule has 2 aromatic heterocycles. The summed E-state index contributed by atoms with van der Waals surface area (Å²) in [6.45, 7) is 6.21. The summed E-state index contributed by atoms with van der Waals surface area (Å²) in [5.41, 5.74) is 3.27. The first-order chi connectivity index (χ1) is 7.25. The number of thiophene rings is 1.